The molecule has 0 spiro atoms. The summed E-state index contributed by atoms with van der Waals surface area (Å²) in [6.07, 6.45) is 6.10. The molecule has 1 aromatic carbocycles. The molecule has 7 heteroatoms. The molecule has 1 atom stereocenters. The fourth-order valence-electron chi connectivity index (χ4n) is 4.38. The van der Waals surface area contributed by atoms with Gasteiger partial charge in [-0.3, -0.25) is 14.3 Å². The minimum absolute atomic E-state index is 0.0689. The number of amides is 2. The number of carbonyl (C=O) groups is 2. The number of aromatic nitrogens is 2. The summed E-state index contributed by atoms with van der Waals surface area (Å²) in [5.41, 5.74) is 1.98. The summed E-state index contributed by atoms with van der Waals surface area (Å²) in [6, 6.07) is 14.2. The predicted molar refractivity (Wildman–Crippen MR) is 122 cm³/mol. The predicted octanol–water partition coefficient (Wildman–Crippen LogP) is 3.57. The second-order valence-electron chi connectivity index (χ2n) is 8.11. The maximum absolute atomic E-state index is 13.1. The van der Waals surface area contributed by atoms with E-state index in [0.29, 0.717) is 5.92 Å². The normalized spacial score (nSPS) is 15.6. The van der Waals surface area contributed by atoms with Crippen molar-refractivity contribution in [3.05, 3.63) is 76.7 Å². The summed E-state index contributed by atoms with van der Waals surface area (Å²) in [6.45, 7) is 1.72. The van der Waals surface area contributed by atoms with E-state index in [1.165, 1.54) is 5.56 Å². The van der Waals surface area contributed by atoms with E-state index in [4.69, 9.17) is 0 Å². The van der Waals surface area contributed by atoms with Gasteiger partial charge in [-0.1, -0.05) is 30.3 Å². The molecule has 4 rings (SSSR count). The molecule has 1 aliphatic rings. The summed E-state index contributed by atoms with van der Waals surface area (Å²) < 4.78 is 1.67. The van der Waals surface area contributed by atoms with Crippen molar-refractivity contribution in [1.82, 2.24) is 19.6 Å². The Bertz CT molecular complexity index is 964. The summed E-state index contributed by atoms with van der Waals surface area (Å²) in [5, 5.41) is 7.99. The van der Waals surface area contributed by atoms with E-state index in [1.54, 1.807) is 22.2 Å². The second-order valence-corrected chi connectivity index (χ2v) is 8.89. The Kier molecular flexibility index (Phi) is 6.82. The highest BCUT2D eigenvalue weighted by atomic mass is 32.1. The number of likely N-dealkylation sites (N-methyl/N-ethyl adjacent to an activating group) is 1. The lowest BCUT2D eigenvalue weighted by molar-refractivity contribution is -0.133. The number of benzene rings is 1. The highest BCUT2D eigenvalue weighted by Crippen LogP contribution is 2.28. The first kappa shape index (κ1) is 21.3. The van der Waals surface area contributed by atoms with Crippen molar-refractivity contribution in [2.75, 3.05) is 20.1 Å². The van der Waals surface area contributed by atoms with Gasteiger partial charge in [0.05, 0.1) is 5.56 Å². The molecule has 3 heterocycles. The molecule has 6 nitrogen and oxygen atoms in total. The van der Waals surface area contributed by atoms with Gasteiger partial charge in [0.2, 0.25) is 5.91 Å². The molecule has 0 saturated carbocycles. The fraction of sp³-hybridized carbons (Fsp3) is 0.375. The number of hydrogen-bond acceptors (Lipinski definition) is 4. The van der Waals surface area contributed by atoms with Crippen molar-refractivity contribution in [2.45, 2.75) is 31.8 Å². The van der Waals surface area contributed by atoms with Gasteiger partial charge in [0, 0.05) is 44.0 Å². The summed E-state index contributed by atoms with van der Waals surface area (Å²) in [4.78, 5) is 29.6. The zero-order valence-corrected chi connectivity index (χ0v) is 18.6. The van der Waals surface area contributed by atoms with Crippen LogP contribution in [-0.4, -0.2) is 57.6 Å². The molecule has 162 valence electrons. The molecule has 2 amide bonds. The second kappa shape index (κ2) is 9.92. The van der Waals surface area contributed by atoms with Crippen LogP contribution in [0.5, 0.6) is 0 Å². The molecule has 2 aromatic heterocycles. The van der Waals surface area contributed by atoms with Crippen molar-refractivity contribution in [3.63, 3.8) is 0 Å². The van der Waals surface area contributed by atoms with Crippen LogP contribution < -0.4 is 0 Å². The van der Waals surface area contributed by atoms with Gasteiger partial charge < -0.3 is 9.80 Å². The minimum Gasteiger partial charge on any atom is -0.341 e. The molecular formula is C24H28N4O2S. The molecule has 1 aliphatic heterocycles. The number of rotatable bonds is 7. The monoisotopic (exact) mass is 436 g/mol. The third-order valence-electron chi connectivity index (χ3n) is 6.17. The largest absolute Gasteiger partial charge is 0.341 e. The number of carbonyl (C=O) groups excluding carboxylic acids is 2. The Balaban J connectivity index is 1.44. The lowest BCUT2D eigenvalue weighted by Crippen LogP contribution is -2.48. The Hall–Kier alpha value is -2.93. The number of nitrogens with zero attached hydrogens (tertiary/aromatic N) is 4. The number of thiophene rings is 1. The molecule has 1 unspecified atom stereocenters. The van der Waals surface area contributed by atoms with E-state index in [9.17, 15) is 9.59 Å². The van der Waals surface area contributed by atoms with Crippen LogP contribution in [0.3, 0.4) is 0 Å². The van der Waals surface area contributed by atoms with Crippen molar-refractivity contribution >= 4 is 23.2 Å². The van der Waals surface area contributed by atoms with Crippen LogP contribution in [0.25, 0.3) is 0 Å². The summed E-state index contributed by atoms with van der Waals surface area (Å²) in [5.74, 6) is 0.519. The van der Waals surface area contributed by atoms with Crippen molar-refractivity contribution in [3.8, 4) is 0 Å². The van der Waals surface area contributed by atoms with Gasteiger partial charge in [0.25, 0.3) is 5.91 Å². The quantitative estimate of drug-likeness (QED) is 0.569. The van der Waals surface area contributed by atoms with E-state index in [2.05, 4.69) is 17.2 Å². The van der Waals surface area contributed by atoms with E-state index in [0.717, 1.165) is 37.9 Å². The molecular weight excluding hydrogens is 408 g/mol. The molecule has 0 radical (unpaired) electrons. The van der Waals surface area contributed by atoms with E-state index in [-0.39, 0.29) is 24.4 Å². The molecule has 0 bridgehead atoms. The summed E-state index contributed by atoms with van der Waals surface area (Å²) in [7, 11) is 1.92. The zero-order chi connectivity index (χ0) is 21.6. The maximum Gasteiger partial charge on any atom is 0.254 e. The van der Waals surface area contributed by atoms with Gasteiger partial charge >= 0.3 is 0 Å². The van der Waals surface area contributed by atoms with Crippen LogP contribution in [-0.2, 0) is 17.8 Å². The maximum atomic E-state index is 13.1. The molecule has 3 aromatic rings. The minimum atomic E-state index is 0.0689. The van der Waals surface area contributed by atoms with E-state index >= 15 is 0 Å². The molecule has 0 aliphatic carbocycles. The number of likely N-dealkylation sites (tertiary alicyclic amines) is 1. The van der Waals surface area contributed by atoms with Crippen molar-refractivity contribution in [1.29, 1.82) is 0 Å². The SMILES string of the molecule is CN(C(=O)c1ccsc1)C(Cc1ccccc1)C1CCN(C(=O)Cn2cccn2)CC1. The lowest BCUT2D eigenvalue weighted by atomic mass is 9.84. The van der Waals surface area contributed by atoms with E-state index in [1.807, 2.05) is 64.1 Å². The van der Waals surface area contributed by atoms with Crippen molar-refractivity contribution in [2.24, 2.45) is 5.92 Å². The van der Waals surface area contributed by atoms with Gasteiger partial charge in [0.1, 0.15) is 6.54 Å². The first-order valence-corrected chi connectivity index (χ1v) is 11.6. The van der Waals surface area contributed by atoms with E-state index < -0.39 is 0 Å². The average molecular weight is 437 g/mol. The first-order valence-electron chi connectivity index (χ1n) is 10.7. The van der Waals surface area contributed by atoms with Crippen LogP contribution in [0.1, 0.15) is 28.8 Å². The average Bonchev–Trinajstić information content (AvgIpc) is 3.52. The number of piperidine rings is 1. The van der Waals surface area contributed by atoms with Crippen LogP contribution in [0, 0.1) is 5.92 Å². The van der Waals surface area contributed by atoms with Crippen LogP contribution in [0.4, 0.5) is 0 Å². The molecule has 1 fully saturated rings. The Labute approximate surface area is 187 Å². The van der Waals surface area contributed by atoms with Gasteiger partial charge in [-0.25, -0.2) is 0 Å². The lowest BCUT2D eigenvalue weighted by Gasteiger charge is -2.40. The third kappa shape index (κ3) is 5.22. The van der Waals surface area contributed by atoms with Gasteiger partial charge in [-0.2, -0.15) is 16.4 Å². The van der Waals surface area contributed by atoms with Crippen LogP contribution in [0.2, 0.25) is 0 Å². The van der Waals surface area contributed by atoms with Gasteiger partial charge in [0.15, 0.2) is 0 Å². The topological polar surface area (TPSA) is 58.4 Å². The zero-order valence-electron chi connectivity index (χ0n) is 17.8. The number of hydrogen-bond donors (Lipinski definition) is 0. The highest BCUT2D eigenvalue weighted by molar-refractivity contribution is 7.08. The standard InChI is InChI=1S/C24H28N4O2S/c1-26(24(30)21-10-15-31-18-21)22(16-19-6-3-2-4-7-19)20-8-13-27(14-9-20)23(29)17-28-12-5-11-25-28/h2-7,10-12,15,18,20,22H,8-9,13-14,16-17H2,1H3. The Morgan fingerprint density at radius 1 is 1.16 bits per heavy atom. The highest BCUT2D eigenvalue weighted by Gasteiger charge is 2.33. The Morgan fingerprint density at radius 3 is 2.58 bits per heavy atom. The smallest absolute Gasteiger partial charge is 0.254 e. The van der Waals surface area contributed by atoms with Crippen LogP contribution >= 0.6 is 11.3 Å². The summed E-state index contributed by atoms with van der Waals surface area (Å²) >= 11 is 1.54. The van der Waals surface area contributed by atoms with Crippen molar-refractivity contribution < 1.29 is 9.59 Å². The van der Waals surface area contributed by atoms with Crippen LogP contribution in [0.15, 0.2) is 65.6 Å². The molecule has 1 saturated heterocycles. The third-order valence-corrected chi connectivity index (χ3v) is 6.85. The fourth-order valence-corrected chi connectivity index (χ4v) is 5.01. The Morgan fingerprint density at radius 2 is 1.94 bits per heavy atom. The van der Waals surface area contributed by atoms with Gasteiger partial charge in [-0.15, -0.1) is 0 Å². The first-order chi connectivity index (χ1) is 15.1. The molecule has 31 heavy (non-hydrogen) atoms. The van der Waals surface area contributed by atoms with Gasteiger partial charge in [-0.05, 0) is 48.3 Å². The molecule has 0 N–H and O–H groups in total.